The van der Waals surface area contributed by atoms with Gasteiger partial charge in [-0.15, -0.1) is 0 Å². The van der Waals surface area contributed by atoms with E-state index < -0.39 is 34.7 Å². The Labute approximate surface area is 348 Å². The van der Waals surface area contributed by atoms with Gasteiger partial charge in [-0.3, -0.25) is 9.97 Å². The fourth-order valence-corrected chi connectivity index (χ4v) is 6.29. The fraction of sp³-hybridized carbons (Fsp3) is 0.256. The van der Waals surface area contributed by atoms with Crippen LogP contribution >= 0.6 is 34.8 Å². The highest BCUT2D eigenvalue weighted by molar-refractivity contribution is 6.32. The number of halogens is 9. The second-order valence-corrected chi connectivity index (χ2v) is 13.6. The minimum absolute atomic E-state index is 0.0713. The van der Waals surface area contributed by atoms with E-state index in [2.05, 4.69) is 42.7 Å². The third-order valence-electron chi connectivity index (χ3n) is 8.26. The van der Waals surface area contributed by atoms with Crippen molar-refractivity contribution in [3.8, 4) is 12.1 Å². The number of alkyl halides is 6. The maximum absolute atomic E-state index is 12.6. The number of nitrogens with zero attached hydrogens (tertiary/aromatic N) is 7. The number of isocyanates is 1. The van der Waals surface area contributed by atoms with Crippen molar-refractivity contribution >= 4 is 69.4 Å². The molecule has 0 spiro atoms. The first kappa shape index (κ1) is 45.9. The van der Waals surface area contributed by atoms with Crippen LogP contribution in [0.2, 0.25) is 15.1 Å². The lowest BCUT2D eigenvalue weighted by molar-refractivity contribution is -0.141. The number of hydrogen-bond acceptors (Lipinski definition) is 9. The van der Waals surface area contributed by atoms with Crippen LogP contribution in [-0.2, 0) is 30.0 Å². The number of carbonyl (C=O) groups is 1. The number of urea groups is 1. The molecule has 0 saturated carbocycles. The number of nitrogens with one attached hydrogen (secondary N) is 2. The van der Waals surface area contributed by atoms with Crippen molar-refractivity contribution in [1.29, 1.82) is 10.5 Å². The number of aliphatic imine (C=N–C) groups is 1. The Morgan fingerprint density at radius 3 is 1.85 bits per heavy atom. The third-order valence-corrected chi connectivity index (χ3v) is 9.13. The topological polar surface area (TPSA) is 160 Å². The van der Waals surface area contributed by atoms with Crippen LogP contribution in [0.15, 0.2) is 78.2 Å². The molecule has 0 saturated heterocycles. The van der Waals surface area contributed by atoms with Crippen LogP contribution in [0.3, 0.4) is 0 Å². The fourth-order valence-electron chi connectivity index (χ4n) is 5.41. The molecule has 11 nitrogen and oxygen atoms in total. The highest BCUT2D eigenvalue weighted by Gasteiger charge is 2.35. The highest BCUT2D eigenvalue weighted by atomic mass is 35.5. The summed E-state index contributed by atoms with van der Waals surface area (Å²) in [5.74, 6) is 0. The molecule has 2 N–H and O–H groups in total. The number of benzene rings is 1. The van der Waals surface area contributed by atoms with E-state index in [-0.39, 0.29) is 17.8 Å². The van der Waals surface area contributed by atoms with Crippen LogP contribution in [0, 0.1) is 22.7 Å². The lowest BCUT2D eigenvalue weighted by Gasteiger charge is -2.27. The Morgan fingerprint density at radius 1 is 0.814 bits per heavy atom. The molecule has 306 valence electrons. The number of carbonyl (C=O) groups excluding carboxylic acids is 2. The Kier molecular flexibility index (Phi) is 16.5. The van der Waals surface area contributed by atoms with E-state index in [9.17, 15) is 35.9 Å². The number of rotatable bonds is 6. The second kappa shape index (κ2) is 21.3. The average molecular weight is 877 g/mol. The van der Waals surface area contributed by atoms with Gasteiger partial charge < -0.3 is 15.5 Å². The molecule has 5 heterocycles. The molecule has 0 aliphatic carbocycles. The Balaban J connectivity index is 0.000000216. The summed E-state index contributed by atoms with van der Waals surface area (Å²) in [5, 5.41) is 23.7. The summed E-state index contributed by atoms with van der Waals surface area (Å²) in [6.45, 7) is 2.56. The molecular formula is C39H30Cl3F6N9O2. The van der Waals surface area contributed by atoms with Crippen molar-refractivity contribution in [3.05, 3.63) is 122 Å². The zero-order valence-corrected chi connectivity index (χ0v) is 32.7. The van der Waals surface area contributed by atoms with Gasteiger partial charge in [-0.2, -0.15) is 41.9 Å². The largest absolute Gasteiger partial charge is 0.434 e. The first-order valence-electron chi connectivity index (χ1n) is 17.2. The van der Waals surface area contributed by atoms with Gasteiger partial charge in [-0.25, -0.2) is 14.6 Å². The van der Waals surface area contributed by atoms with Gasteiger partial charge in [0.1, 0.15) is 0 Å². The molecule has 4 aromatic rings. The predicted molar refractivity (Wildman–Crippen MR) is 209 cm³/mol. The summed E-state index contributed by atoms with van der Waals surface area (Å²) in [4.78, 5) is 38.5. The highest BCUT2D eigenvalue weighted by Crippen LogP contribution is 2.35. The molecule has 2 aliphatic rings. The number of aromatic nitrogens is 3. The summed E-state index contributed by atoms with van der Waals surface area (Å²) < 4.78 is 74.2. The number of anilines is 1. The molecule has 59 heavy (non-hydrogen) atoms. The van der Waals surface area contributed by atoms with Crippen molar-refractivity contribution in [1.82, 2.24) is 25.2 Å². The summed E-state index contributed by atoms with van der Waals surface area (Å²) in [7, 11) is 0. The molecule has 2 aliphatic heterocycles. The lowest BCUT2D eigenvalue weighted by Crippen LogP contribution is -2.38. The van der Waals surface area contributed by atoms with Gasteiger partial charge in [0.05, 0.1) is 68.9 Å². The van der Waals surface area contributed by atoms with Crippen LogP contribution in [0.25, 0.3) is 11.1 Å². The molecule has 6 rings (SSSR count). The van der Waals surface area contributed by atoms with Gasteiger partial charge in [-0.05, 0) is 84.1 Å². The minimum atomic E-state index is -4.61. The van der Waals surface area contributed by atoms with E-state index in [1.165, 1.54) is 17.7 Å². The van der Waals surface area contributed by atoms with E-state index in [1.807, 2.05) is 18.2 Å². The number of pyridine rings is 3. The van der Waals surface area contributed by atoms with Gasteiger partial charge in [0.25, 0.3) is 0 Å². The lowest BCUT2D eigenvalue weighted by atomic mass is 10.0. The van der Waals surface area contributed by atoms with E-state index in [1.54, 1.807) is 23.4 Å². The summed E-state index contributed by atoms with van der Waals surface area (Å²) in [6, 6.07) is 12.4. The van der Waals surface area contributed by atoms with Gasteiger partial charge in [-0.1, -0.05) is 47.0 Å². The van der Waals surface area contributed by atoms with E-state index >= 15 is 0 Å². The average Bonchev–Trinajstić information content (AvgIpc) is 3.19. The van der Waals surface area contributed by atoms with Gasteiger partial charge >= 0.3 is 18.4 Å². The van der Waals surface area contributed by atoms with Crippen LogP contribution in [0.1, 0.15) is 46.6 Å². The maximum Gasteiger partial charge on any atom is 0.434 e. The molecule has 20 heteroatoms. The quantitative estimate of drug-likeness (QED) is 0.110. The van der Waals surface area contributed by atoms with Crippen molar-refractivity contribution in [2.75, 3.05) is 31.5 Å². The zero-order valence-electron chi connectivity index (χ0n) is 30.4. The van der Waals surface area contributed by atoms with Crippen molar-refractivity contribution in [3.63, 3.8) is 0 Å². The monoisotopic (exact) mass is 875 g/mol. The SMILES string of the molecule is N#CCc1cnc(C2=CCN(C(=O)Nc3ccc(C(F)(F)F)cc3)CC2)c(Cl)c1.N#CCc1cnc(C2=CCNCC2)c(Cl)c1.O=C=Nc1cnc(C(F)(F)F)c(Cl)c1. The van der Waals surface area contributed by atoms with Crippen LogP contribution < -0.4 is 10.6 Å². The molecule has 2 amide bonds. The Morgan fingerprint density at radius 2 is 1.41 bits per heavy atom. The third kappa shape index (κ3) is 13.6. The summed E-state index contributed by atoms with van der Waals surface area (Å²) >= 11 is 17.7. The molecule has 0 unspecified atom stereocenters. The maximum atomic E-state index is 12.6. The number of hydrogen-bond donors (Lipinski definition) is 2. The Bertz CT molecular complexity index is 2330. The van der Waals surface area contributed by atoms with Gasteiger partial charge in [0.2, 0.25) is 6.08 Å². The predicted octanol–water partition coefficient (Wildman–Crippen LogP) is 10.0. The summed E-state index contributed by atoms with van der Waals surface area (Å²) in [6.07, 6.45) is 2.28. The smallest absolute Gasteiger partial charge is 0.320 e. The molecule has 0 atom stereocenters. The normalized spacial score (nSPS) is 13.7. The van der Waals surface area contributed by atoms with E-state index in [4.69, 9.17) is 45.3 Å². The molecular weight excluding hydrogens is 847 g/mol. The molecule has 0 fully saturated rings. The van der Waals surface area contributed by atoms with Crippen LogP contribution in [-0.4, -0.2) is 58.1 Å². The van der Waals surface area contributed by atoms with Crippen molar-refractivity contribution in [2.24, 2.45) is 4.99 Å². The molecule has 1 aromatic carbocycles. The van der Waals surface area contributed by atoms with Crippen LogP contribution in [0.4, 0.5) is 42.5 Å². The number of amides is 2. The molecule has 0 radical (unpaired) electrons. The van der Waals surface area contributed by atoms with Gasteiger partial charge in [0, 0.05) is 37.7 Å². The molecule has 0 bridgehead atoms. The first-order chi connectivity index (χ1) is 28.0. The van der Waals surface area contributed by atoms with Crippen molar-refractivity contribution in [2.45, 2.75) is 38.0 Å². The number of nitriles is 2. The Hall–Kier alpha value is -5.81. The van der Waals surface area contributed by atoms with E-state index in [0.717, 1.165) is 72.4 Å². The van der Waals surface area contributed by atoms with Crippen molar-refractivity contribution < 1.29 is 35.9 Å². The minimum Gasteiger partial charge on any atom is -0.320 e. The van der Waals surface area contributed by atoms with Crippen LogP contribution in [0.5, 0.6) is 0 Å². The molecule has 3 aromatic heterocycles. The zero-order chi connectivity index (χ0) is 43.2. The second-order valence-electron chi connectivity index (χ2n) is 12.4. The van der Waals surface area contributed by atoms with Gasteiger partial charge in [0.15, 0.2) is 5.69 Å². The summed E-state index contributed by atoms with van der Waals surface area (Å²) in [5.41, 5.74) is 3.40. The standard InChI is InChI=1S/C20H16ClF3N4O.C12H12ClN3.C7H2ClF3N2O/c21-17-11-13(5-8-25)12-26-18(17)14-6-9-28(10-7-14)19(29)27-16-3-1-15(2-4-16)20(22,23)24;13-11-7-9(1-4-14)8-16-12(11)10-2-5-15-6-3-10;8-5-1-4(13-3-14)2-12-6(5)7(9,10)11/h1-4,6,11-12H,5,7,9-10H2,(H,27,29);2,7-8,15H,1,3,5-6H2;1-2H. The van der Waals surface area contributed by atoms with E-state index in [0.29, 0.717) is 41.7 Å². The first-order valence-corrected chi connectivity index (χ1v) is 18.3.